The van der Waals surface area contributed by atoms with Gasteiger partial charge in [0.1, 0.15) is 5.67 Å². The Morgan fingerprint density at radius 3 is 2.08 bits per heavy atom. The maximum absolute atomic E-state index is 13.3. The van der Waals surface area contributed by atoms with Gasteiger partial charge >= 0.3 is 0 Å². The smallest absolute Gasteiger partial charge is 0.130 e. The van der Waals surface area contributed by atoms with Crippen molar-refractivity contribution in [2.24, 2.45) is 0 Å². The molecule has 0 aromatic heterocycles. The molecule has 1 aromatic carbocycles. The SMILES string of the molecule is CC(C)(F)c1ccc(CCl)cc1. The molecule has 1 rings (SSSR count). The molecule has 0 fully saturated rings. The summed E-state index contributed by atoms with van der Waals surface area (Å²) >= 11 is 5.60. The molecule has 0 bridgehead atoms. The van der Waals surface area contributed by atoms with Crippen LogP contribution in [0.15, 0.2) is 24.3 Å². The zero-order valence-corrected chi connectivity index (χ0v) is 8.03. The zero-order chi connectivity index (χ0) is 9.19. The minimum atomic E-state index is -1.26. The Morgan fingerprint density at radius 2 is 1.75 bits per heavy atom. The second-order valence-corrected chi connectivity index (χ2v) is 3.57. The summed E-state index contributed by atoms with van der Waals surface area (Å²) < 4.78 is 13.3. The highest BCUT2D eigenvalue weighted by Gasteiger charge is 2.17. The van der Waals surface area contributed by atoms with E-state index in [0.29, 0.717) is 11.4 Å². The lowest BCUT2D eigenvalue weighted by atomic mass is 9.99. The predicted octanol–water partition coefficient (Wildman–Crippen LogP) is 3.63. The Balaban J connectivity index is 2.93. The molecule has 2 heteroatoms. The van der Waals surface area contributed by atoms with Crippen LogP contribution in [0.2, 0.25) is 0 Å². The van der Waals surface area contributed by atoms with Crippen LogP contribution in [0.3, 0.4) is 0 Å². The Labute approximate surface area is 77.4 Å². The Hall–Kier alpha value is -0.560. The summed E-state index contributed by atoms with van der Waals surface area (Å²) in [4.78, 5) is 0. The van der Waals surface area contributed by atoms with Gasteiger partial charge in [0.2, 0.25) is 0 Å². The number of halogens is 2. The third kappa shape index (κ3) is 2.21. The van der Waals surface area contributed by atoms with Crippen LogP contribution in [0.5, 0.6) is 0 Å². The van der Waals surface area contributed by atoms with Crippen molar-refractivity contribution < 1.29 is 4.39 Å². The summed E-state index contributed by atoms with van der Waals surface area (Å²) in [7, 11) is 0. The highest BCUT2D eigenvalue weighted by molar-refractivity contribution is 6.17. The molecule has 0 amide bonds. The van der Waals surface area contributed by atoms with E-state index in [2.05, 4.69) is 0 Å². The van der Waals surface area contributed by atoms with Crippen LogP contribution >= 0.6 is 11.6 Å². The van der Waals surface area contributed by atoms with Crippen molar-refractivity contribution in [3.8, 4) is 0 Å². The molecule has 0 heterocycles. The average Bonchev–Trinajstić information content (AvgIpc) is 2.03. The second kappa shape index (κ2) is 3.44. The van der Waals surface area contributed by atoms with E-state index in [1.54, 1.807) is 26.0 Å². The largest absolute Gasteiger partial charge is 0.239 e. The predicted molar refractivity (Wildman–Crippen MR) is 50.1 cm³/mol. The van der Waals surface area contributed by atoms with Crippen molar-refractivity contribution in [1.82, 2.24) is 0 Å². The molecular weight excluding hydrogens is 175 g/mol. The first-order valence-corrected chi connectivity index (χ1v) is 4.42. The van der Waals surface area contributed by atoms with Crippen LogP contribution in [0.25, 0.3) is 0 Å². The molecule has 0 aliphatic rings. The van der Waals surface area contributed by atoms with Crippen LogP contribution in [-0.4, -0.2) is 0 Å². The first-order valence-electron chi connectivity index (χ1n) is 3.88. The van der Waals surface area contributed by atoms with Crippen LogP contribution in [-0.2, 0) is 11.5 Å². The number of rotatable bonds is 2. The lowest BCUT2D eigenvalue weighted by Gasteiger charge is -2.14. The van der Waals surface area contributed by atoms with Gasteiger partial charge < -0.3 is 0 Å². The van der Waals surface area contributed by atoms with Crippen molar-refractivity contribution in [2.75, 3.05) is 0 Å². The molecule has 0 saturated carbocycles. The Bertz CT molecular complexity index is 246. The fraction of sp³-hybridized carbons (Fsp3) is 0.400. The molecule has 0 unspecified atom stereocenters. The number of hydrogen-bond acceptors (Lipinski definition) is 0. The quantitative estimate of drug-likeness (QED) is 0.619. The number of benzene rings is 1. The van der Waals surface area contributed by atoms with Crippen molar-refractivity contribution >= 4 is 11.6 Å². The van der Waals surface area contributed by atoms with Crippen LogP contribution in [0.1, 0.15) is 25.0 Å². The molecule has 1 aromatic rings. The highest BCUT2D eigenvalue weighted by Crippen LogP contribution is 2.24. The first kappa shape index (κ1) is 9.53. The van der Waals surface area contributed by atoms with Gasteiger partial charge in [0.25, 0.3) is 0 Å². The molecule has 66 valence electrons. The van der Waals surface area contributed by atoms with Crippen molar-refractivity contribution in [1.29, 1.82) is 0 Å². The summed E-state index contributed by atoms with van der Waals surface area (Å²) in [5, 5.41) is 0. The van der Waals surface area contributed by atoms with Crippen molar-refractivity contribution in [2.45, 2.75) is 25.4 Å². The molecule has 0 spiro atoms. The van der Waals surface area contributed by atoms with Crippen LogP contribution in [0, 0.1) is 0 Å². The van der Waals surface area contributed by atoms with Gasteiger partial charge in [-0.15, -0.1) is 11.6 Å². The summed E-state index contributed by atoms with van der Waals surface area (Å²) in [5.74, 6) is 0.479. The third-order valence-electron chi connectivity index (χ3n) is 1.79. The lowest BCUT2D eigenvalue weighted by Crippen LogP contribution is -2.08. The monoisotopic (exact) mass is 186 g/mol. The van der Waals surface area contributed by atoms with E-state index in [4.69, 9.17) is 11.6 Å². The van der Waals surface area contributed by atoms with Gasteiger partial charge in [-0.3, -0.25) is 0 Å². The Kier molecular flexibility index (Phi) is 2.73. The van der Waals surface area contributed by atoms with Gasteiger partial charge in [-0.1, -0.05) is 24.3 Å². The van der Waals surface area contributed by atoms with E-state index in [0.717, 1.165) is 5.56 Å². The Morgan fingerprint density at radius 1 is 1.25 bits per heavy atom. The third-order valence-corrected chi connectivity index (χ3v) is 2.10. The second-order valence-electron chi connectivity index (χ2n) is 3.30. The topological polar surface area (TPSA) is 0 Å². The van der Waals surface area contributed by atoms with Crippen LogP contribution in [0.4, 0.5) is 4.39 Å². The van der Waals surface area contributed by atoms with Gasteiger partial charge in [-0.2, -0.15) is 0 Å². The summed E-state index contributed by atoms with van der Waals surface area (Å²) in [5.41, 5.74) is 0.450. The normalized spacial score (nSPS) is 11.7. The van der Waals surface area contributed by atoms with Gasteiger partial charge in [0.05, 0.1) is 0 Å². The average molecular weight is 187 g/mol. The lowest BCUT2D eigenvalue weighted by molar-refractivity contribution is 0.221. The van der Waals surface area contributed by atoms with E-state index in [1.165, 1.54) is 0 Å². The summed E-state index contributed by atoms with van der Waals surface area (Å²) in [6.45, 7) is 3.09. The molecule has 0 radical (unpaired) electrons. The zero-order valence-electron chi connectivity index (χ0n) is 7.27. The molecule has 0 atom stereocenters. The van der Waals surface area contributed by atoms with E-state index in [9.17, 15) is 4.39 Å². The number of alkyl halides is 2. The fourth-order valence-electron chi connectivity index (χ4n) is 0.990. The van der Waals surface area contributed by atoms with Gasteiger partial charge in [-0.05, 0) is 25.0 Å². The van der Waals surface area contributed by atoms with E-state index < -0.39 is 5.67 Å². The molecule has 0 nitrogen and oxygen atoms in total. The van der Waals surface area contributed by atoms with Crippen molar-refractivity contribution in [3.05, 3.63) is 35.4 Å². The highest BCUT2D eigenvalue weighted by atomic mass is 35.5. The van der Waals surface area contributed by atoms with Gasteiger partial charge in [0.15, 0.2) is 0 Å². The molecule has 0 aliphatic carbocycles. The standard InChI is InChI=1S/C10H12ClF/c1-10(2,12)9-5-3-8(7-11)4-6-9/h3-6H,7H2,1-2H3. The molecular formula is C10H12ClF. The van der Waals surface area contributed by atoms with E-state index >= 15 is 0 Å². The molecule has 12 heavy (non-hydrogen) atoms. The minimum absolute atomic E-state index is 0.479. The van der Waals surface area contributed by atoms with Gasteiger partial charge in [-0.25, -0.2) is 4.39 Å². The van der Waals surface area contributed by atoms with Crippen LogP contribution < -0.4 is 0 Å². The first-order chi connectivity index (χ1) is 5.54. The van der Waals surface area contributed by atoms with E-state index in [1.807, 2.05) is 12.1 Å². The maximum Gasteiger partial charge on any atom is 0.130 e. The fourth-order valence-corrected chi connectivity index (χ4v) is 1.17. The van der Waals surface area contributed by atoms with Gasteiger partial charge in [0, 0.05) is 5.88 Å². The minimum Gasteiger partial charge on any atom is -0.239 e. The van der Waals surface area contributed by atoms with Crippen molar-refractivity contribution in [3.63, 3.8) is 0 Å². The van der Waals surface area contributed by atoms with E-state index in [-0.39, 0.29) is 0 Å². The number of hydrogen-bond donors (Lipinski definition) is 0. The maximum atomic E-state index is 13.3. The molecule has 0 saturated heterocycles. The summed E-state index contributed by atoms with van der Waals surface area (Å²) in [6.07, 6.45) is 0. The summed E-state index contributed by atoms with van der Waals surface area (Å²) in [6, 6.07) is 7.25. The molecule has 0 aliphatic heterocycles. The molecule has 0 N–H and O–H groups in total.